The van der Waals surface area contributed by atoms with Gasteiger partial charge < -0.3 is 15.5 Å². The molecule has 0 spiro atoms. The largest absolute Gasteiger partial charge is 0.336 e. The lowest BCUT2D eigenvalue weighted by Gasteiger charge is -2.29. The van der Waals surface area contributed by atoms with Crippen LogP contribution in [-0.4, -0.2) is 42.4 Å². The molecule has 0 aliphatic carbocycles. The Balaban J connectivity index is 0.00000225. The first-order valence-corrected chi connectivity index (χ1v) is 8.93. The fraction of sp³-hybridized carbons (Fsp3) is 0.556. The van der Waals surface area contributed by atoms with Crippen molar-refractivity contribution in [2.45, 2.75) is 44.2 Å². The molecule has 1 aromatic rings. The van der Waals surface area contributed by atoms with E-state index in [0.717, 1.165) is 12.8 Å². The number of nitrogens with one attached hydrogen (secondary N) is 2. The zero-order valence-corrected chi connectivity index (χ0v) is 15.9. The number of fused-ring (bicyclic) bond motifs is 2. The maximum Gasteiger partial charge on any atom is 0.243 e. The summed E-state index contributed by atoms with van der Waals surface area (Å²) in [6.07, 6.45) is 5.14. The number of amides is 2. The molecule has 2 fully saturated rings. The number of piperidine rings is 1. The molecule has 2 heterocycles. The van der Waals surface area contributed by atoms with E-state index in [0.29, 0.717) is 35.1 Å². The average Bonchev–Trinajstić information content (AvgIpc) is 2.85. The average molecular weight is 386 g/mol. The van der Waals surface area contributed by atoms with Gasteiger partial charge in [-0.3, -0.25) is 9.59 Å². The lowest BCUT2D eigenvalue weighted by Crippen LogP contribution is -2.41. The Morgan fingerprint density at radius 2 is 1.96 bits per heavy atom. The summed E-state index contributed by atoms with van der Waals surface area (Å²) >= 11 is 5.90. The molecular formula is C18H25Cl2N3O2. The smallest absolute Gasteiger partial charge is 0.243 e. The molecule has 7 heteroatoms. The van der Waals surface area contributed by atoms with E-state index in [2.05, 4.69) is 10.6 Å². The topological polar surface area (TPSA) is 61.4 Å². The van der Waals surface area contributed by atoms with Gasteiger partial charge >= 0.3 is 0 Å². The van der Waals surface area contributed by atoms with Crippen LogP contribution < -0.4 is 10.6 Å². The maximum absolute atomic E-state index is 12.4. The molecule has 2 amide bonds. The summed E-state index contributed by atoms with van der Waals surface area (Å²) in [7, 11) is 1.69. The Morgan fingerprint density at radius 1 is 1.28 bits per heavy atom. The van der Waals surface area contributed by atoms with E-state index in [9.17, 15) is 9.59 Å². The van der Waals surface area contributed by atoms with Gasteiger partial charge in [0.2, 0.25) is 11.8 Å². The van der Waals surface area contributed by atoms with E-state index < -0.39 is 0 Å². The van der Waals surface area contributed by atoms with Crippen molar-refractivity contribution in [1.82, 2.24) is 10.2 Å². The van der Waals surface area contributed by atoms with Crippen molar-refractivity contribution in [3.8, 4) is 0 Å². The van der Waals surface area contributed by atoms with Crippen molar-refractivity contribution in [1.29, 1.82) is 0 Å². The van der Waals surface area contributed by atoms with Gasteiger partial charge in [-0.25, -0.2) is 0 Å². The zero-order chi connectivity index (χ0) is 17.1. The molecule has 0 aromatic heterocycles. The minimum absolute atomic E-state index is 0. The van der Waals surface area contributed by atoms with Crippen LogP contribution in [0.25, 0.3) is 0 Å². The lowest BCUT2D eigenvalue weighted by molar-refractivity contribution is -0.134. The molecule has 2 bridgehead atoms. The van der Waals surface area contributed by atoms with Crippen LogP contribution in [0.3, 0.4) is 0 Å². The van der Waals surface area contributed by atoms with Crippen LogP contribution in [0.15, 0.2) is 24.3 Å². The number of hydrogen-bond acceptors (Lipinski definition) is 3. The zero-order valence-electron chi connectivity index (χ0n) is 14.3. The molecule has 25 heavy (non-hydrogen) atoms. The van der Waals surface area contributed by atoms with Crippen LogP contribution in [0.1, 0.15) is 32.1 Å². The molecule has 2 saturated heterocycles. The number of nitrogens with zero attached hydrogens (tertiary/aromatic N) is 1. The molecule has 2 aliphatic rings. The number of carbonyl (C=O) groups excluding carboxylic acids is 2. The highest BCUT2D eigenvalue weighted by atomic mass is 35.5. The third-order valence-corrected chi connectivity index (χ3v) is 5.18. The van der Waals surface area contributed by atoms with Crippen LogP contribution in [-0.2, 0) is 9.59 Å². The first-order valence-electron chi connectivity index (χ1n) is 8.55. The van der Waals surface area contributed by atoms with Crippen LogP contribution in [0.5, 0.6) is 0 Å². The fourth-order valence-corrected chi connectivity index (χ4v) is 4.01. The van der Waals surface area contributed by atoms with Crippen LogP contribution in [0.4, 0.5) is 5.69 Å². The van der Waals surface area contributed by atoms with Gasteiger partial charge in [-0.05, 0) is 49.8 Å². The number of carbonyl (C=O) groups is 2. The number of likely N-dealkylation sites (N-methyl/N-ethyl adjacent to an activating group) is 1. The molecule has 1 aromatic carbocycles. The molecule has 3 rings (SSSR count). The van der Waals surface area contributed by atoms with Gasteiger partial charge in [0.15, 0.2) is 0 Å². The minimum Gasteiger partial charge on any atom is -0.336 e. The minimum atomic E-state index is -0.210. The van der Waals surface area contributed by atoms with Gasteiger partial charge in [-0.15, -0.1) is 12.4 Å². The molecule has 2 N–H and O–H groups in total. The predicted molar refractivity (Wildman–Crippen MR) is 102 cm³/mol. The van der Waals surface area contributed by atoms with Crippen LogP contribution in [0.2, 0.25) is 5.02 Å². The molecule has 5 nitrogen and oxygen atoms in total. The molecular weight excluding hydrogens is 361 g/mol. The molecule has 2 unspecified atom stereocenters. The fourth-order valence-electron chi connectivity index (χ4n) is 3.81. The van der Waals surface area contributed by atoms with Crippen molar-refractivity contribution in [3.63, 3.8) is 0 Å². The highest BCUT2D eigenvalue weighted by molar-refractivity contribution is 6.30. The quantitative estimate of drug-likeness (QED) is 0.818. The second-order valence-electron chi connectivity index (χ2n) is 6.99. The Labute approximate surface area is 159 Å². The summed E-state index contributed by atoms with van der Waals surface area (Å²) in [5, 5.41) is 6.92. The highest BCUT2D eigenvalue weighted by Gasteiger charge is 2.34. The number of halogens is 2. The van der Waals surface area contributed by atoms with Crippen molar-refractivity contribution in [3.05, 3.63) is 29.3 Å². The summed E-state index contributed by atoms with van der Waals surface area (Å²) in [5.41, 5.74) is 0.642. The van der Waals surface area contributed by atoms with Crippen molar-refractivity contribution in [2.24, 2.45) is 5.92 Å². The van der Waals surface area contributed by atoms with Gasteiger partial charge in [-0.1, -0.05) is 17.7 Å². The first kappa shape index (κ1) is 20.0. The summed E-state index contributed by atoms with van der Waals surface area (Å²) < 4.78 is 0. The maximum atomic E-state index is 12.4. The summed E-state index contributed by atoms with van der Waals surface area (Å²) in [6, 6.07) is 8.15. The standard InChI is InChI=1S/C18H24ClN3O2.ClH/c1-22(11-17(23)21-14-4-2-3-13(19)10-14)18(24)9-12-7-15-5-6-16(8-12)20-15;/h2-4,10,12,15-16,20H,5-9,11H2,1H3,(H,21,23);1H. The molecule has 0 radical (unpaired) electrons. The summed E-state index contributed by atoms with van der Waals surface area (Å²) in [6.45, 7) is 0.0587. The van der Waals surface area contributed by atoms with E-state index >= 15 is 0 Å². The molecule has 0 saturated carbocycles. The third-order valence-electron chi connectivity index (χ3n) is 4.95. The highest BCUT2D eigenvalue weighted by Crippen LogP contribution is 2.32. The van der Waals surface area contributed by atoms with Crippen LogP contribution >= 0.6 is 24.0 Å². The predicted octanol–water partition coefficient (Wildman–Crippen LogP) is 3.08. The van der Waals surface area contributed by atoms with E-state index in [-0.39, 0.29) is 30.8 Å². The number of benzene rings is 1. The van der Waals surface area contributed by atoms with Crippen molar-refractivity contribution < 1.29 is 9.59 Å². The SMILES string of the molecule is CN(CC(=O)Nc1cccc(Cl)c1)C(=O)CC1CC2CCC(C1)N2.Cl. The van der Waals surface area contributed by atoms with Gasteiger partial charge in [0, 0.05) is 36.3 Å². The second-order valence-corrected chi connectivity index (χ2v) is 7.42. The number of rotatable bonds is 5. The van der Waals surface area contributed by atoms with Crippen molar-refractivity contribution in [2.75, 3.05) is 18.9 Å². The third kappa shape index (κ3) is 5.59. The first-order chi connectivity index (χ1) is 11.5. The Morgan fingerprint density at radius 3 is 2.60 bits per heavy atom. The van der Waals surface area contributed by atoms with Crippen molar-refractivity contribution >= 4 is 41.5 Å². The summed E-state index contributed by atoms with van der Waals surface area (Å²) in [4.78, 5) is 26.0. The Hall–Kier alpha value is -1.30. The Kier molecular flexibility index (Phi) is 7.11. The summed E-state index contributed by atoms with van der Waals surface area (Å²) in [5.74, 6) is 0.274. The lowest BCUT2D eigenvalue weighted by atomic mass is 9.89. The second kappa shape index (κ2) is 8.88. The van der Waals surface area contributed by atoms with Gasteiger partial charge in [-0.2, -0.15) is 0 Å². The van der Waals surface area contributed by atoms with Crippen LogP contribution in [0, 0.1) is 5.92 Å². The molecule has 2 aliphatic heterocycles. The molecule has 2 atom stereocenters. The number of anilines is 1. The monoisotopic (exact) mass is 385 g/mol. The van der Waals surface area contributed by atoms with E-state index in [4.69, 9.17) is 11.6 Å². The van der Waals surface area contributed by atoms with E-state index in [1.54, 1.807) is 31.3 Å². The van der Waals surface area contributed by atoms with Gasteiger partial charge in [0.25, 0.3) is 0 Å². The Bertz CT molecular complexity index is 614. The molecule has 138 valence electrons. The number of hydrogen-bond donors (Lipinski definition) is 2. The van der Waals surface area contributed by atoms with Gasteiger partial charge in [0.05, 0.1) is 6.54 Å². The van der Waals surface area contributed by atoms with Gasteiger partial charge in [0.1, 0.15) is 0 Å². The normalized spacial score (nSPS) is 24.3. The van der Waals surface area contributed by atoms with E-state index in [1.807, 2.05) is 0 Å². The van der Waals surface area contributed by atoms with E-state index in [1.165, 1.54) is 17.7 Å².